The first kappa shape index (κ1) is 17.0. The van der Waals surface area contributed by atoms with Gasteiger partial charge in [-0.15, -0.1) is 11.3 Å². The van der Waals surface area contributed by atoms with Gasteiger partial charge in [0.25, 0.3) is 5.91 Å². The van der Waals surface area contributed by atoms with Crippen LogP contribution in [0.5, 0.6) is 0 Å². The van der Waals surface area contributed by atoms with Crippen molar-refractivity contribution in [3.05, 3.63) is 22.4 Å². The van der Waals surface area contributed by atoms with E-state index in [1.807, 2.05) is 30.2 Å². The zero-order valence-electron chi connectivity index (χ0n) is 13.1. The molecule has 0 spiro atoms. The van der Waals surface area contributed by atoms with Crippen molar-refractivity contribution in [2.75, 3.05) is 19.7 Å². The third kappa shape index (κ3) is 4.08. The molecule has 22 heavy (non-hydrogen) atoms. The van der Waals surface area contributed by atoms with Gasteiger partial charge in [-0.05, 0) is 36.1 Å². The van der Waals surface area contributed by atoms with Crippen LogP contribution in [0, 0.1) is 11.8 Å². The Balaban J connectivity index is 1.98. The Morgan fingerprint density at radius 1 is 1.41 bits per heavy atom. The van der Waals surface area contributed by atoms with E-state index >= 15 is 0 Å². The van der Waals surface area contributed by atoms with Crippen molar-refractivity contribution >= 4 is 23.2 Å². The number of aliphatic hydroxyl groups excluding tert-OH is 1. The molecule has 1 fully saturated rings. The predicted octanol–water partition coefficient (Wildman–Crippen LogP) is 1.73. The third-order valence-corrected chi connectivity index (χ3v) is 5.02. The first-order valence-electron chi connectivity index (χ1n) is 7.77. The number of likely N-dealkylation sites (tertiary alicyclic amines) is 1. The molecule has 6 heteroatoms. The molecule has 1 atom stereocenters. The van der Waals surface area contributed by atoms with Gasteiger partial charge in [0.05, 0.1) is 4.88 Å². The quantitative estimate of drug-likeness (QED) is 0.867. The summed E-state index contributed by atoms with van der Waals surface area (Å²) >= 11 is 1.37. The summed E-state index contributed by atoms with van der Waals surface area (Å²) in [7, 11) is 0. The smallest absolute Gasteiger partial charge is 0.262 e. The molecule has 0 aliphatic carbocycles. The molecular formula is C16H24N2O3S. The van der Waals surface area contributed by atoms with E-state index in [4.69, 9.17) is 0 Å². The molecule has 2 N–H and O–H groups in total. The summed E-state index contributed by atoms with van der Waals surface area (Å²) in [5.41, 5.74) is 0. The van der Waals surface area contributed by atoms with Crippen LogP contribution in [0.25, 0.3) is 0 Å². The lowest BCUT2D eigenvalue weighted by atomic mass is 9.95. The molecule has 1 aliphatic heterocycles. The van der Waals surface area contributed by atoms with E-state index in [-0.39, 0.29) is 24.3 Å². The van der Waals surface area contributed by atoms with Gasteiger partial charge < -0.3 is 15.3 Å². The number of carbonyl (C=O) groups excluding carboxylic acids is 2. The SMILES string of the molecule is CC(C)C(NC(=O)c1cccs1)C(=O)N1CCC(CO)CC1. The number of carbonyl (C=O) groups is 2. The van der Waals surface area contributed by atoms with Gasteiger partial charge in [0.1, 0.15) is 6.04 Å². The Hall–Kier alpha value is -1.40. The molecule has 0 aromatic carbocycles. The molecule has 0 saturated carbocycles. The molecule has 1 aliphatic rings. The lowest BCUT2D eigenvalue weighted by Crippen LogP contribution is -2.53. The fourth-order valence-corrected chi connectivity index (χ4v) is 3.29. The second-order valence-electron chi connectivity index (χ2n) is 6.12. The fourth-order valence-electron chi connectivity index (χ4n) is 2.67. The van der Waals surface area contributed by atoms with Gasteiger partial charge in [-0.1, -0.05) is 19.9 Å². The molecule has 1 aromatic rings. The summed E-state index contributed by atoms with van der Waals surface area (Å²) in [6.45, 7) is 5.38. The van der Waals surface area contributed by atoms with E-state index in [0.717, 1.165) is 12.8 Å². The molecule has 1 saturated heterocycles. The number of nitrogens with one attached hydrogen (secondary N) is 1. The lowest BCUT2D eigenvalue weighted by molar-refractivity contribution is -0.135. The number of piperidine rings is 1. The summed E-state index contributed by atoms with van der Waals surface area (Å²) in [4.78, 5) is 27.3. The van der Waals surface area contributed by atoms with Crippen molar-refractivity contribution in [2.24, 2.45) is 11.8 Å². The molecule has 2 amide bonds. The van der Waals surface area contributed by atoms with Gasteiger partial charge >= 0.3 is 0 Å². The molecular weight excluding hydrogens is 300 g/mol. The van der Waals surface area contributed by atoms with Crippen molar-refractivity contribution in [1.29, 1.82) is 0 Å². The van der Waals surface area contributed by atoms with Crippen LogP contribution in [0.1, 0.15) is 36.4 Å². The normalized spacial score (nSPS) is 17.5. The van der Waals surface area contributed by atoms with Gasteiger partial charge in [-0.2, -0.15) is 0 Å². The molecule has 1 aromatic heterocycles. The summed E-state index contributed by atoms with van der Waals surface area (Å²) < 4.78 is 0. The highest BCUT2D eigenvalue weighted by Gasteiger charge is 2.31. The van der Waals surface area contributed by atoms with Crippen molar-refractivity contribution in [3.8, 4) is 0 Å². The summed E-state index contributed by atoms with van der Waals surface area (Å²) in [6, 6.07) is 3.08. The van der Waals surface area contributed by atoms with Gasteiger partial charge in [0, 0.05) is 19.7 Å². The highest BCUT2D eigenvalue weighted by Crippen LogP contribution is 2.19. The average Bonchev–Trinajstić information content (AvgIpc) is 3.06. The van der Waals surface area contributed by atoms with Crippen molar-refractivity contribution < 1.29 is 14.7 Å². The zero-order chi connectivity index (χ0) is 16.1. The first-order valence-corrected chi connectivity index (χ1v) is 8.65. The Morgan fingerprint density at radius 3 is 2.59 bits per heavy atom. The minimum atomic E-state index is -0.500. The van der Waals surface area contributed by atoms with Crippen LogP contribution in [0.3, 0.4) is 0 Å². The molecule has 0 radical (unpaired) electrons. The Bertz CT molecular complexity index is 493. The Kier molecular flexibility index (Phi) is 5.97. The minimum Gasteiger partial charge on any atom is -0.396 e. The standard InChI is InChI=1S/C16H24N2O3S/c1-11(2)14(17-15(20)13-4-3-9-22-13)16(21)18-7-5-12(10-19)6-8-18/h3-4,9,11-12,14,19H,5-8,10H2,1-2H3,(H,17,20). The minimum absolute atomic E-state index is 0.0173. The van der Waals surface area contributed by atoms with E-state index in [1.165, 1.54) is 11.3 Å². The number of nitrogens with zero attached hydrogens (tertiary/aromatic N) is 1. The maximum absolute atomic E-state index is 12.7. The Labute approximate surface area is 135 Å². The van der Waals surface area contributed by atoms with Gasteiger partial charge in [0.2, 0.25) is 5.91 Å². The van der Waals surface area contributed by atoms with Gasteiger partial charge in [-0.25, -0.2) is 0 Å². The lowest BCUT2D eigenvalue weighted by Gasteiger charge is -2.34. The first-order chi connectivity index (χ1) is 10.5. The monoisotopic (exact) mass is 324 g/mol. The Morgan fingerprint density at radius 2 is 2.09 bits per heavy atom. The summed E-state index contributed by atoms with van der Waals surface area (Å²) in [5.74, 6) is 0.123. The van der Waals surface area contributed by atoms with E-state index in [9.17, 15) is 14.7 Å². The van der Waals surface area contributed by atoms with Gasteiger partial charge in [0.15, 0.2) is 0 Å². The highest BCUT2D eigenvalue weighted by atomic mass is 32.1. The predicted molar refractivity (Wildman–Crippen MR) is 86.8 cm³/mol. The number of aliphatic hydroxyl groups is 1. The number of rotatable bonds is 5. The molecule has 2 heterocycles. The maximum atomic E-state index is 12.7. The summed E-state index contributed by atoms with van der Waals surface area (Å²) in [5, 5.41) is 13.9. The second-order valence-corrected chi connectivity index (χ2v) is 7.07. The molecule has 0 bridgehead atoms. The highest BCUT2D eigenvalue weighted by molar-refractivity contribution is 7.12. The van der Waals surface area contributed by atoms with E-state index in [0.29, 0.717) is 23.9 Å². The van der Waals surface area contributed by atoms with Crippen molar-refractivity contribution in [1.82, 2.24) is 10.2 Å². The van der Waals surface area contributed by atoms with Crippen LogP contribution < -0.4 is 5.32 Å². The van der Waals surface area contributed by atoms with Crippen molar-refractivity contribution in [3.63, 3.8) is 0 Å². The van der Waals surface area contributed by atoms with Crippen LogP contribution in [0.2, 0.25) is 0 Å². The largest absolute Gasteiger partial charge is 0.396 e. The zero-order valence-corrected chi connectivity index (χ0v) is 13.9. The van der Waals surface area contributed by atoms with Crippen molar-refractivity contribution in [2.45, 2.75) is 32.7 Å². The van der Waals surface area contributed by atoms with E-state index in [1.54, 1.807) is 6.07 Å². The van der Waals surface area contributed by atoms with Crippen LogP contribution in [-0.4, -0.2) is 47.6 Å². The number of hydrogen-bond acceptors (Lipinski definition) is 4. The van der Waals surface area contributed by atoms with Crippen LogP contribution in [0.15, 0.2) is 17.5 Å². The number of hydrogen-bond donors (Lipinski definition) is 2. The fraction of sp³-hybridized carbons (Fsp3) is 0.625. The number of thiophene rings is 1. The second kappa shape index (κ2) is 7.74. The molecule has 122 valence electrons. The third-order valence-electron chi connectivity index (χ3n) is 4.15. The van der Waals surface area contributed by atoms with Crippen LogP contribution >= 0.6 is 11.3 Å². The van der Waals surface area contributed by atoms with Gasteiger partial charge in [-0.3, -0.25) is 9.59 Å². The average molecular weight is 324 g/mol. The topological polar surface area (TPSA) is 69.6 Å². The molecule has 5 nitrogen and oxygen atoms in total. The maximum Gasteiger partial charge on any atom is 0.262 e. The molecule has 1 unspecified atom stereocenters. The van der Waals surface area contributed by atoms with E-state index < -0.39 is 6.04 Å². The van der Waals surface area contributed by atoms with Crippen LogP contribution in [0.4, 0.5) is 0 Å². The number of amides is 2. The summed E-state index contributed by atoms with van der Waals surface area (Å²) in [6.07, 6.45) is 1.65. The van der Waals surface area contributed by atoms with E-state index in [2.05, 4.69) is 5.32 Å². The molecule has 2 rings (SSSR count). The van der Waals surface area contributed by atoms with Crippen LogP contribution in [-0.2, 0) is 4.79 Å².